The summed E-state index contributed by atoms with van der Waals surface area (Å²) in [5, 5.41) is 13.5. The van der Waals surface area contributed by atoms with E-state index in [4.69, 9.17) is 9.72 Å². The first kappa shape index (κ1) is 32.6. The lowest BCUT2D eigenvalue weighted by molar-refractivity contribution is -0.136. The third-order valence-electron chi connectivity index (χ3n) is 12.1. The molecule has 3 aliphatic carbocycles. The summed E-state index contributed by atoms with van der Waals surface area (Å²) in [5.74, 6) is -0.610. The number of carbonyl (C=O) groups is 3. The fraction of sp³-hybridized carbons (Fsp3) is 0.500. The predicted octanol–water partition coefficient (Wildman–Crippen LogP) is 4.50. The number of nitrogens with zero attached hydrogens (tertiary/aromatic N) is 3. The molecule has 1 spiro atoms. The first-order chi connectivity index (χ1) is 24.1. The van der Waals surface area contributed by atoms with Gasteiger partial charge in [-0.2, -0.15) is 5.10 Å². The van der Waals surface area contributed by atoms with E-state index in [1.807, 2.05) is 31.2 Å². The summed E-state index contributed by atoms with van der Waals surface area (Å²) in [6.45, 7) is 5.04. The highest BCUT2D eigenvalue weighted by Gasteiger charge is 2.58. The van der Waals surface area contributed by atoms with Crippen LogP contribution in [0.5, 0.6) is 0 Å². The van der Waals surface area contributed by atoms with Crippen molar-refractivity contribution in [3.05, 3.63) is 82.7 Å². The fourth-order valence-electron chi connectivity index (χ4n) is 8.84. The zero-order valence-corrected chi connectivity index (χ0v) is 28.8. The Labute approximate surface area is 290 Å². The SMILES string of the molecule is CCNC(=O)[C@H](NC(=O)C1(c2ccc3[nH]c([C@@H](NC(=O)c4ccnn4C)[C@@H]4c5cc(F)ccc5CC45CC5)nc3c2)CCOC1)C1(C)CCC1. The van der Waals surface area contributed by atoms with Crippen molar-refractivity contribution in [1.29, 1.82) is 0 Å². The lowest BCUT2D eigenvalue weighted by Crippen LogP contribution is -2.61. The van der Waals surface area contributed by atoms with E-state index in [0.717, 1.165) is 60.7 Å². The van der Waals surface area contributed by atoms with Crippen LogP contribution >= 0.6 is 0 Å². The standard InChI is InChI=1S/C38H44FN7O4/c1-4-40-34(48)31(36(2)11-5-12-36)45-35(49)38(15-17-50-21-38)23-7-9-26-27(18-23)43-32(42-26)30(44-33(47)28-10-16-41-46(28)3)29-25-19-24(39)8-6-22(25)20-37(29)13-14-37/h6-10,16,18-19,29-31H,4-5,11-15,17,20-21H2,1-3H3,(H,40,48)(H,42,43)(H,44,47)(H,45,49)/t29-,30-,31-,38?/m0/s1. The minimum absolute atomic E-state index is 0.0916. The van der Waals surface area contributed by atoms with Crippen molar-refractivity contribution < 1.29 is 23.5 Å². The molecule has 1 aliphatic heterocycles. The molecule has 4 N–H and O–H groups in total. The quantitative estimate of drug-likeness (QED) is 0.194. The van der Waals surface area contributed by atoms with E-state index in [-0.39, 0.29) is 46.9 Å². The Morgan fingerprint density at radius 2 is 1.90 bits per heavy atom. The van der Waals surface area contributed by atoms with Gasteiger partial charge in [-0.25, -0.2) is 9.37 Å². The van der Waals surface area contributed by atoms with Gasteiger partial charge in [0, 0.05) is 32.3 Å². The maximum atomic E-state index is 14.7. The predicted molar refractivity (Wildman–Crippen MR) is 184 cm³/mol. The Morgan fingerprint density at radius 1 is 1.08 bits per heavy atom. The van der Waals surface area contributed by atoms with Gasteiger partial charge in [-0.05, 0) is 103 Å². The summed E-state index contributed by atoms with van der Waals surface area (Å²) in [7, 11) is 1.72. The number of hydrogen-bond donors (Lipinski definition) is 4. The number of carbonyl (C=O) groups excluding carboxylic acids is 3. The smallest absolute Gasteiger partial charge is 0.270 e. The lowest BCUT2D eigenvalue weighted by Gasteiger charge is -2.45. The van der Waals surface area contributed by atoms with Crippen LogP contribution in [0.15, 0.2) is 48.7 Å². The number of H-pyrrole nitrogens is 1. The van der Waals surface area contributed by atoms with E-state index >= 15 is 0 Å². The first-order valence-corrected chi connectivity index (χ1v) is 17.8. The van der Waals surface area contributed by atoms with Gasteiger partial charge in [0.1, 0.15) is 23.4 Å². The number of benzene rings is 2. The second kappa shape index (κ2) is 12.0. The van der Waals surface area contributed by atoms with E-state index < -0.39 is 17.5 Å². The van der Waals surface area contributed by atoms with Crippen LogP contribution in [0.25, 0.3) is 11.0 Å². The van der Waals surface area contributed by atoms with E-state index in [0.29, 0.717) is 36.6 Å². The number of aromatic nitrogens is 4. The summed E-state index contributed by atoms with van der Waals surface area (Å²) >= 11 is 0. The molecule has 4 aliphatic rings. The van der Waals surface area contributed by atoms with Crippen LogP contribution in [-0.4, -0.2) is 63.3 Å². The van der Waals surface area contributed by atoms with Crippen molar-refractivity contribution in [2.45, 2.75) is 82.2 Å². The highest BCUT2D eigenvalue weighted by Crippen LogP contribution is 2.66. The van der Waals surface area contributed by atoms with Crippen LogP contribution in [0.3, 0.4) is 0 Å². The van der Waals surface area contributed by atoms with Crippen molar-refractivity contribution in [3.8, 4) is 0 Å². The van der Waals surface area contributed by atoms with Gasteiger partial charge in [-0.15, -0.1) is 0 Å². The molecule has 3 amide bonds. The van der Waals surface area contributed by atoms with Gasteiger partial charge in [0.05, 0.1) is 29.1 Å². The summed E-state index contributed by atoms with van der Waals surface area (Å²) in [6, 6.07) is 11.2. The van der Waals surface area contributed by atoms with Gasteiger partial charge in [-0.1, -0.05) is 25.5 Å². The number of rotatable bonds is 10. The second-order valence-electron chi connectivity index (χ2n) is 15.2. The van der Waals surface area contributed by atoms with Crippen molar-refractivity contribution in [1.82, 2.24) is 35.7 Å². The van der Waals surface area contributed by atoms with Crippen LogP contribution in [0.1, 0.15) is 97.3 Å². The number of aromatic amines is 1. The number of aryl methyl sites for hydroxylation is 1. The molecular formula is C38H44FN7O4. The van der Waals surface area contributed by atoms with Crippen molar-refractivity contribution in [2.75, 3.05) is 19.8 Å². The molecule has 1 saturated heterocycles. The Kier molecular flexibility index (Phi) is 7.85. The molecule has 3 fully saturated rings. The van der Waals surface area contributed by atoms with E-state index in [1.54, 1.807) is 25.4 Å². The molecule has 11 nitrogen and oxygen atoms in total. The van der Waals surface area contributed by atoms with Gasteiger partial charge in [0.15, 0.2) is 0 Å². The zero-order chi connectivity index (χ0) is 34.8. The topological polar surface area (TPSA) is 143 Å². The summed E-state index contributed by atoms with van der Waals surface area (Å²) in [6.07, 6.45) is 7.60. The lowest BCUT2D eigenvalue weighted by atomic mass is 9.65. The average Bonchev–Trinajstić information content (AvgIpc) is 3.50. The Bertz CT molecular complexity index is 1990. The van der Waals surface area contributed by atoms with Gasteiger partial charge >= 0.3 is 0 Å². The van der Waals surface area contributed by atoms with E-state index in [2.05, 4.69) is 33.0 Å². The highest BCUT2D eigenvalue weighted by atomic mass is 19.1. The van der Waals surface area contributed by atoms with Crippen LogP contribution in [-0.2, 0) is 33.2 Å². The minimum Gasteiger partial charge on any atom is -0.380 e. The largest absolute Gasteiger partial charge is 0.380 e. The number of halogens is 1. The third-order valence-corrected chi connectivity index (χ3v) is 12.1. The fourth-order valence-corrected chi connectivity index (χ4v) is 8.84. The third kappa shape index (κ3) is 5.30. The monoisotopic (exact) mass is 681 g/mol. The molecule has 4 aromatic rings. The number of fused-ring (bicyclic) bond motifs is 2. The highest BCUT2D eigenvalue weighted by molar-refractivity contribution is 5.95. The molecule has 262 valence electrons. The van der Waals surface area contributed by atoms with Crippen LogP contribution < -0.4 is 16.0 Å². The number of hydrogen-bond acceptors (Lipinski definition) is 6. The van der Waals surface area contributed by atoms with Crippen molar-refractivity contribution in [2.24, 2.45) is 17.9 Å². The number of amides is 3. The maximum Gasteiger partial charge on any atom is 0.270 e. The van der Waals surface area contributed by atoms with Gasteiger partial charge in [0.2, 0.25) is 11.8 Å². The van der Waals surface area contributed by atoms with Crippen LogP contribution in [0, 0.1) is 16.6 Å². The van der Waals surface area contributed by atoms with Gasteiger partial charge < -0.3 is 25.7 Å². The average molecular weight is 682 g/mol. The van der Waals surface area contributed by atoms with Crippen molar-refractivity contribution in [3.63, 3.8) is 0 Å². The van der Waals surface area contributed by atoms with Gasteiger partial charge in [0.25, 0.3) is 5.91 Å². The number of ether oxygens (including phenoxy) is 1. The summed E-state index contributed by atoms with van der Waals surface area (Å²) in [4.78, 5) is 49.8. The van der Waals surface area contributed by atoms with Gasteiger partial charge in [-0.3, -0.25) is 19.1 Å². The molecule has 50 heavy (non-hydrogen) atoms. The Morgan fingerprint density at radius 3 is 2.56 bits per heavy atom. The molecule has 8 rings (SSSR count). The normalized spacial score (nSPS) is 24.0. The number of imidazole rings is 1. The molecule has 3 heterocycles. The first-order valence-electron chi connectivity index (χ1n) is 17.8. The number of nitrogens with one attached hydrogen (secondary N) is 4. The molecule has 2 aromatic heterocycles. The van der Waals surface area contributed by atoms with Crippen LogP contribution in [0.2, 0.25) is 0 Å². The molecule has 4 atom stereocenters. The number of likely N-dealkylation sites (N-methyl/N-ethyl adjacent to an activating group) is 1. The molecule has 2 aromatic carbocycles. The molecule has 0 bridgehead atoms. The molecule has 0 radical (unpaired) electrons. The molecule has 1 unspecified atom stereocenters. The second-order valence-corrected chi connectivity index (χ2v) is 15.2. The van der Waals surface area contributed by atoms with Crippen molar-refractivity contribution >= 4 is 28.8 Å². The molecular weight excluding hydrogens is 637 g/mol. The van der Waals surface area contributed by atoms with E-state index in [1.165, 1.54) is 10.7 Å². The van der Waals surface area contributed by atoms with Crippen LogP contribution in [0.4, 0.5) is 4.39 Å². The van der Waals surface area contributed by atoms with E-state index in [9.17, 15) is 18.8 Å². The molecule has 2 saturated carbocycles. The Balaban J connectivity index is 1.16. The zero-order valence-electron chi connectivity index (χ0n) is 28.8. The maximum absolute atomic E-state index is 14.7. The Hall–Kier alpha value is -4.58. The molecule has 12 heteroatoms. The summed E-state index contributed by atoms with van der Waals surface area (Å²) in [5.41, 5.74) is 3.18. The minimum atomic E-state index is -0.995. The summed E-state index contributed by atoms with van der Waals surface area (Å²) < 4.78 is 22.1.